The molecule has 0 bridgehead atoms. The highest BCUT2D eigenvalue weighted by atomic mass is 32.1. The van der Waals surface area contributed by atoms with Gasteiger partial charge in [0.05, 0.1) is 17.0 Å². The summed E-state index contributed by atoms with van der Waals surface area (Å²) in [5.74, 6) is 0. The normalized spacial score (nSPS) is 18.9. The highest BCUT2D eigenvalue weighted by Gasteiger charge is 2.23. The van der Waals surface area contributed by atoms with E-state index in [1.807, 2.05) is 30.3 Å². The fourth-order valence-electron chi connectivity index (χ4n) is 3.72. The maximum Gasteiger partial charge on any atom is 0.258 e. The second-order valence-corrected chi connectivity index (χ2v) is 7.04. The van der Waals surface area contributed by atoms with Crippen molar-refractivity contribution < 1.29 is 16.1 Å². The van der Waals surface area contributed by atoms with Crippen molar-refractivity contribution in [2.45, 2.75) is 42.7 Å². The largest absolute Gasteiger partial charge is 0.412 e. The van der Waals surface area contributed by atoms with Gasteiger partial charge in [0.1, 0.15) is 0 Å². The third-order valence-corrected chi connectivity index (χ3v) is 5.29. The maximum atomic E-state index is 12.5. The first-order valence-corrected chi connectivity index (χ1v) is 8.78. The molecule has 9 N–H and O–H groups in total. The Morgan fingerprint density at radius 1 is 1.04 bits per heavy atom. The van der Waals surface area contributed by atoms with Crippen LogP contribution in [0.15, 0.2) is 52.4 Å². The van der Waals surface area contributed by atoms with E-state index in [2.05, 4.69) is 28.4 Å². The van der Waals surface area contributed by atoms with Crippen LogP contribution in [0.25, 0.3) is 22.0 Å². The number of aromatic amines is 1. The number of benzene rings is 1. The molecule has 0 atom stereocenters. The summed E-state index contributed by atoms with van der Waals surface area (Å²) in [6.07, 6.45) is 7.12. The molecule has 0 aliphatic heterocycles. The number of pyridine rings is 1. The topological polar surface area (TPSA) is 156 Å². The number of fused-ring (bicyclic) bond motifs is 1. The molecule has 0 unspecified atom stereocenters. The van der Waals surface area contributed by atoms with E-state index in [-0.39, 0.29) is 28.8 Å². The van der Waals surface area contributed by atoms with Gasteiger partial charge in [0, 0.05) is 28.9 Å². The van der Waals surface area contributed by atoms with Crippen molar-refractivity contribution in [3.63, 3.8) is 0 Å². The van der Waals surface area contributed by atoms with E-state index < -0.39 is 0 Å². The van der Waals surface area contributed by atoms with Gasteiger partial charge in [-0.2, -0.15) is 0 Å². The molecule has 7 nitrogen and oxygen atoms in total. The van der Waals surface area contributed by atoms with E-state index in [1.165, 1.54) is 0 Å². The zero-order valence-electron chi connectivity index (χ0n) is 15.0. The molecule has 1 aliphatic rings. The molecule has 0 spiro atoms. The number of nitrogens with one attached hydrogen (secondary N) is 1. The second-order valence-electron chi connectivity index (χ2n) is 6.53. The standard InChI is InChI=1S/C19H20N2O2S.H3N.2H2O/c22-14-5-3-13(4-6-14)21-11-16(12-1-7-15(24)8-2-12)18-17(21)9-10-20-19(18)23;;;/h1-2,7-11,13-14,22,24H,3-6H2,(H,20,23);1H3;2*1H2. The molecule has 2 heterocycles. The van der Waals surface area contributed by atoms with Crippen LogP contribution in [-0.4, -0.2) is 31.7 Å². The number of nitrogens with zero attached hydrogens (tertiary/aromatic N) is 1. The lowest BCUT2D eigenvalue weighted by atomic mass is 9.93. The number of aliphatic hydroxyl groups is 1. The summed E-state index contributed by atoms with van der Waals surface area (Å²) >= 11 is 4.34. The Bertz CT molecular complexity index is 928. The number of H-pyrrole nitrogens is 1. The van der Waals surface area contributed by atoms with Crippen molar-refractivity contribution in [2.75, 3.05) is 0 Å². The molecule has 2 aromatic heterocycles. The molecule has 3 aromatic rings. The highest BCUT2D eigenvalue weighted by molar-refractivity contribution is 7.80. The van der Waals surface area contributed by atoms with Crippen LogP contribution in [-0.2, 0) is 0 Å². The molecule has 8 heteroatoms. The molecule has 148 valence electrons. The Hall–Kier alpha value is -2.10. The first kappa shape index (κ1) is 22.9. The Morgan fingerprint density at radius 2 is 1.67 bits per heavy atom. The van der Waals surface area contributed by atoms with E-state index in [9.17, 15) is 9.90 Å². The zero-order valence-corrected chi connectivity index (χ0v) is 15.9. The van der Waals surface area contributed by atoms with Crippen molar-refractivity contribution in [3.8, 4) is 11.1 Å². The zero-order chi connectivity index (χ0) is 16.7. The molecule has 1 fully saturated rings. The highest BCUT2D eigenvalue weighted by Crippen LogP contribution is 2.35. The molecule has 27 heavy (non-hydrogen) atoms. The summed E-state index contributed by atoms with van der Waals surface area (Å²) in [7, 11) is 0. The average molecular weight is 394 g/mol. The fraction of sp³-hybridized carbons (Fsp3) is 0.316. The van der Waals surface area contributed by atoms with Gasteiger partial charge in [0.15, 0.2) is 0 Å². The summed E-state index contributed by atoms with van der Waals surface area (Å²) < 4.78 is 2.22. The van der Waals surface area contributed by atoms with Crippen LogP contribution in [0.1, 0.15) is 31.7 Å². The van der Waals surface area contributed by atoms with Crippen molar-refractivity contribution >= 4 is 23.5 Å². The van der Waals surface area contributed by atoms with Crippen LogP contribution < -0.4 is 11.7 Å². The van der Waals surface area contributed by atoms with E-state index in [0.717, 1.165) is 52.6 Å². The third kappa shape index (κ3) is 4.26. The van der Waals surface area contributed by atoms with Crippen molar-refractivity contribution in [1.82, 2.24) is 15.7 Å². The number of aliphatic hydroxyl groups excluding tert-OH is 1. The Balaban J connectivity index is 0.00000121. The van der Waals surface area contributed by atoms with Gasteiger partial charge in [-0.1, -0.05) is 12.1 Å². The van der Waals surface area contributed by atoms with Gasteiger partial charge in [-0.05, 0) is 49.4 Å². The molecular weight excluding hydrogens is 366 g/mol. The second kappa shape index (κ2) is 9.20. The van der Waals surface area contributed by atoms with Gasteiger partial charge in [-0.15, -0.1) is 12.6 Å². The smallest absolute Gasteiger partial charge is 0.258 e. The van der Waals surface area contributed by atoms with E-state index in [1.54, 1.807) is 6.20 Å². The van der Waals surface area contributed by atoms with Gasteiger partial charge >= 0.3 is 0 Å². The Kier molecular flexibility index (Phi) is 7.82. The number of thiol groups is 1. The summed E-state index contributed by atoms with van der Waals surface area (Å²) in [6.45, 7) is 0. The number of aromatic nitrogens is 2. The minimum atomic E-state index is -0.186. The summed E-state index contributed by atoms with van der Waals surface area (Å²) in [5.41, 5.74) is 2.87. The third-order valence-electron chi connectivity index (χ3n) is 4.99. The average Bonchev–Trinajstić information content (AvgIpc) is 2.97. The maximum absolute atomic E-state index is 12.5. The fourth-order valence-corrected chi connectivity index (χ4v) is 3.86. The van der Waals surface area contributed by atoms with Crippen LogP contribution in [0.3, 0.4) is 0 Å². The molecule has 0 saturated heterocycles. The monoisotopic (exact) mass is 393 g/mol. The Morgan fingerprint density at radius 3 is 2.30 bits per heavy atom. The number of rotatable bonds is 2. The first-order chi connectivity index (χ1) is 11.6. The number of hydrogen-bond acceptors (Lipinski definition) is 4. The van der Waals surface area contributed by atoms with Gasteiger partial charge in [0.2, 0.25) is 0 Å². The molecule has 0 radical (unpaired) electrons. The molecule has 0 amide bonds. The van der Waals surface area contributed by atoms with E-state index in [4.69, 9.17) is 0 Å². The van der Waals surface area contributed by atoms with Gasteiger partial charge in [-0.25, -0.2) is 0 Å². The minimum absolute atomic E-state index is 0. The lowest BCUT2D eigenvalue weighted by molar-refractivity contribution is 0.111. The molecule has 4 rings (SSSR count). The lowest BCUT2D eigenvalue weighted by Crippen LogP contribution is -2.20. The van der Waals surface area contributed by atoms with E-state index in [0.29, 0.717) is 6.04 Å². The van der Waals surface area contributed by atoms with Gasteiger partial charge in [0.25, 0.3) is 5.56 Å². The minimum Gasteiger partial charge on any atom is -0.412 e. The molecule has 1 aromatic carbocycles. The van der Waals surface area contributed by atoms with E-state index >= 15 is 0 Å². The molecular formula is C19H27N3O4S. The van der Waals surface area contributed by atoms with Gasteiger partial charge in [-0.3, -0.25) is 4.79 Å². The SMILES string of the molecule is N.O.O.O=c1[nH]ccc2c1c(-c1ccc(S)cc1)cn2C1CCC(O)CC1. The van der Waals surface area contributed by atoms with Crippen molar-refractivity contribution in [2.24, 2.45) is 0 Å². The van der Waals surface area contributed by atoms with Crippen LogP contribution >= 0.6 is 12.6 Å². The summed E-state index contributed by atoms with van der Waals surface area (Å²) in [5, 5.41) is 10.5. The molecule has 1 aliphatic carbocycles. The van der Waals surface area contributed by atoms with Crippen LogP contribution in [0.2, 0.25) is 0 Å². The van der Waals surface area contributed by atoms with Crippen LogP contribution in [0.4, 0.5) is 0 Å². The quantitative estimate of drug-likeness (QED) is 0.493. The predicted molar refractivity (Wildman–Crippen MR) is 111 cm³/mol. The lowest BCUT2D eigenvalue weighted by Gasteiger charge is -2.27. The predicted octanol–water partition coefficient (Wildman–Crippen LogP) is 2.27. The van der Waals surface area contributed by atoms with Gasteiger partial charge < -0.3 is 31.8 Å². The Labute approximate surface area is 162 Å². The van der Waals surface area contributed by atoms with Crippen LogP contribution in [0, 0.1) is 0 Å². The van der Waals surface area contributed by atoms with Crippen LogP contribution in [0.5, 0.6) is 0 Å². The summed E-state index contributed by atoms with van der Waals surface area (Å²) in [6, 6.07) is 10.2. The summed E-state index contributed by atoms with van der Waals surface area (Å²) in [4.78, 5) is 16.2. The number of hydrogen-bond donors (Lipinski definition) is 4. The first-order valence-electron chi connectivity index (χ1n) is 8.33. The van der Waals surface area contributed by atoms with Crippen molar-refractivity contribution in [3.05, 3.63) is 53.1 Å². The van der Waals surface area contributed by atoms with Crippen molar-refractivity contribution in [1.29, 1.82) is 0 Å². The molecule has 1 saturated carbocycles.